The molecule has 3 aromatic rings. The first-order valence-electron chi connectivity index (χ1n) is 9.61. The van der Waals surface area contributed by atoms with Gasteiger partial charge in [-0.05, 0) is 97.2 Å². The average Bonchev–Trinajstić information content (AvgIpc) is 3.12. The van der Waals surface area contributed by atoms with Gasteiger partial charge in [0.2, 0.25) is 0 Å². The molecule has 1 N–H and O–H groups in total. The van der Waals surface area contributed by atoms with E-state index in [9.17, 15) is 4.79 Å². The standard InChI is InChI=1S/C24H18Br2N2O3S/c1-30-18-9-7-17(8-10-18)27-24-28-23(29)21(32-24)13-16-11-19(25)22(20(26)12-16)31-14-15-5-3-2-4-6-15/h2-13H,14H2,1H3,(H,27,28,29)/b21-13-. The Morgan fingerprint density at radius 3 is 2.38 bits per heavy atom. The Hall–Kier alpha value is -2.55. The number of nitrogens with one attached hydrogen (secondary N) is 1. The molecule has 1 aliphatic rings. The first-order valence-corrected chi connectivity index (χ1v) is 12.0. The predicted molar refractivity (Wildman–Crippen MR) is 136 cm³/mol. The molecule has 0 unspecified atom stereocenters. The molecule has 1 amide bonds. The first kappa shape index (κ1) is 22.6. The monoisotopic (exact) mass is 572 g/mol. The number of aliphatic imine (C=N–C) groups is 1. The summed E-state index contributed by atoms with van der Waals surface area (Å²) in [4.78, 5) is 17.5. The van der Waals surface area contributed by atoms with Crippen molar-refractivity contribution in [1.82, 2.24) is 5.32 Å². The molecule has 3 aromatic carbocycles. The molecular formula is C24H18Br2N2O3S. The molecule has 0 aromatic heterocycles. The second kappa shape index (κ2) is 10.4. The summed E-state index contributed by atoms with van der Waals surface area (Å²) in [5, 5.41) is 3.34. The van der Waals surface area contributed by atoms with Crippen LogP contribution >= 0.6 is 43.6 Å². The lowest BCUT2D eigenvalue weighted by atomic mass is 10.2. The Labute approximate surface area is 207 Å². The van der Waals surface area contributed by atoms with Crippen molar-refractivity contribution in [2.45, 2.75) is 6.61 Å². The normalized spacial score (nSPS) is 15.8. The van der Waals surface area contributed by atoms with E-state index in [2.05, 4.69) is 42.2 Å². The summed E-state index contributed by atoms with van der Waals surface area (Å²) in [6.45, 7) is 0.460. The highest BCUT2D eigenvalue weighted by Gasteiger charge is 2.24. The van der Waals surface area contributed by atoms with E-state index in [0.717, 1.165) is 31.5 Å². The first-order chi connectivity index (χ1) is 15.5. The van der Waals surface area contributed by atoms with Crippen LogP contribution in [-0.2, 0) is 11.4 Å². The largest absolute Gasteiger partial charge is 0.497 e. The van der Waals surface area contributed by atoms with Crippen molar-refractivity contribution in [2.75, 3.05) is 7.11 Å². The van der Waals surface area contributed by atoms with Gasteiger partial charge in [0.05, 0.1) is 26.6 Å². The zero-order valence-corrected chi connectivity index (χ0v) is 21.0. The van der Waals surface area contributed by atoms with Gasteiger partial charge in [0.1, 0.15) is 18.1 Å². The molecule has 0 radical (unpaired) electrons. The van der Waals surface area contributed by atoms with E-state index in [4.69, 9.17) is 9.47 Å². The van der Waals surface area contributed by atoms with Gasteiger partial charge in [0.25, 0.3) is 5.91 Å². The number of halogens is 2. The van der Waals surface area contributed by atoms with Crippen LogP contribution in [0.3, 0.4) is 0 Å². The smallest absolute Gasteiger partial charge is 0.264 e. The van der Waals surface area contributed by atoms with Crippen LogP contribution in [-0.4, -0.2) is 18.2 Å². The van der Waals surface area contributed by atoms with Crippen LogP contribution in [0.5, 0.6) is 11.5 Å². The minimum absolute atomic E-state index is 0.182. The third-order valence-electron chi connectivity index (χ3n) is 4.50. The van der Waals surface area contributed by atoms with Gasteiger partial charge in [0.15, 0.2) is 5.17 Å². The number of thioether (sulfide) groups is 1. The van der Waals surface area contributed by atoms with Crippen molar-refractivity contribution in [3.63, 3.8) is 0 Å². The molecule has 162 valence electrons. The van der Waals surface area contributed by atoms with E-state index < -0.39 is 0 Å². The number of benzene rings is 3. The fourth-order valence-corrected chi connectivity index (χ4v) is 5.23. The van der Waals surface area contributed by atoms with Crippen LogP contribution < -0.4 is 14.8 Å². The van der Waals surface area contributed by atoms with Gasteiger partial charge < -0.3 is 14.8 Å². The van der Waals surface area contributed by atoms with Gasteiger partial charge in [-0.2, -0.15) is 0 Å². The van der Waals surface area contributed by atoms with E-state index in [1.54, 1.807) is 7.11 Å². The summed E-state index contributed by atoms with van der Waals surface area (Å²) in [5.41, 5.74) is 2.68. The number of rotatable bonds is 6. The maximum atomic E-state index is 12.4. The number of ether oxygens (including phenoxy) is 2. The molecule has 1 heterocycles. The summed E-state index contributed by atoms with van der Waals surface area (Å²) >= 11 is 8.46. The van der Waals surface area contributed by atoms with Crippen LogP contribution in [0.15, 0.2) is 85.6 Å². The number of amidine groups is 1. The summed E-state index contributed by atoms with van der Waals surface area (Å²) in [5.74, 6) is 1.28. The van der Waals surface area contributed by atoms with Crippen molar-refractivity contribution in [3.8, 4) is 11.5 Å². The molecule has 1 saturated heterocycles. The number of nitrogens with zero attached hydrogens (tertiary/aromatic N) is 1. The lowest BCUT2D eigenvalue weighted by Gasteiger charge is -2.11. The Morgan fingerprint density at radius 2 is 1.72 bits per heavy atom. The molecule has 0 saturated carbocycles. The minimum atomic E-state index is -0.182. The highest BCUT2D eigenvalue weighted by molar-refractivity contribution is 9.11. The third kappa shape index (κ3) is 5.62. The third-order valence-corrected chi connectivity index (χ3v) is 6.59. The van der Waals surface area contributed by atoms with Crippen molar-refractivity contribution in [3.05, 3.63) is 91.7 Å². The zero-order valence-electron chi connectivity index (χ0n) is 17.0. The van der Waals surface area contributed by atoms with Crippen molar-refractivity contribution < 1.29 is 14.3 Å². The molecule has 8 heteroatoms. The highest BCUT2D eigenvalue weighted by atomic mass is 79.9. The van der Waals surface area contributed by atoms with Crippen LogP contribution in [0.1, 0.15) is 11.1 Å². The topological polar surface area (TPSA) is 59.9 Å². The SMILES string of the molecule is COc1ccc(N=C2NC(=O)/C(=C/c3cc(Br)c(OCc4ccccc4)c(Br)c3)S2)cc1. The van der Waals surface area contributed by atoms with Gasteiger partial charge in [-0.15, -0.1) is 0 Å². The van der Waals surface area contributed by atoms with Crippen molar-refractivity contribution >= 4 is 66.5 Å². The van der Waals surface area contributed by atoms with Crippen molar-refractivity contribution in [2.24, 2.45) is 4.99 Å². The van der Waals surface area contributed by atoms with E-state index in [1.807, 2.05) is 72.8 Å². The Kier molecular flexibility index (Phi) is 7.34. The van der Waals surface area contributed by atoms with Gasteiger partial charge in [-0.1, -0.05) is 30.3 Å². The molecule has 0 atom stereocenters. The lowest BCUT2D eigenvalue weighted by Crippen LogP contribution is -2.19. The van der Waals surface area contributed by atoms with Crippen molar-refractivity contribution in [1.29, 1.82) is 0 Å². The number of amides is 1. The molecule has 1 fully saturated rings. The Balaban J connectivity index is 1.49. The van der Waals surface area contributed by atoms with Gasteiger partial charge in [-0.25, -0.2) is 4.99 Å². The predicted octanol–water partition coefficient (Wildman–Crippen LogP) is 6.69. The van der Waals surface area contributed by atoms with E-state index in [-0.39, 0.29) is 5.91 Å². The van der Waals surface area contributed by atoms with E-state index in [1.165, 1.54) is 11.8 Å². The molecule has 32 heavy (non-hydrogen) atoms. The number of methoxy groups -OCH3 is 1. The Morgan fingerprint density at radius 1 is 1.03 bits per heavy atom. The number of hydrogen-bond donors (Lipinski definition) is 1. The maximum Gasteiger partial charge on any atom is 0.264 e. The zero-order chi connectivity index (χ0) is 22.5. The maximum absolute atomic E-state index is 12.4. The second-order valence-corrected chi connectivity index (χ2v) is 9.51. The second-order valence-electron chi connectivity index (χ2n) is 6.77. The molecular weight excluding hydrogens is 556 g/mol. The molecule has 0 spiro atoms. The molecule has 0 bridgehead atoms. The number of carbonyl (C=O) groups is 1. The molecule has 4 rings (SSSR count). The molecule has 1 aliphatic heterocycles. The van der Waals surface area contributed by atoms with Gasteiger partial charge in [-0.3, -0.25) is 4.79 Å². The molecule has 5 nitrogen and oxygen atoms in total. The van der Waals surface area contributed by atoms with Crippen LogP contribution in [0.25, 0.3) is 6.08 Å². The summed E-state index contributed by atoms with van der Waals surface area (Å²) in [6, 6.07) is 21.1. The fraction of sp³-hybridized carbons (Fsp3) is 0.0833. The van der Waals surface area contributed by atoms with Crippen LogP contribution in [0, 0.1) is 0 Å². The Bertz CT molecular complexity index is 1170. The van der Waals surface area contributed by atoms with Gasteiger partial charge >= 0.3 is 0 Å². The fourth-order valence-electron chi connectivity index (χ4n) is 2.94. The quantitative estimate of drug-likeness (QED) is 0.334. The average molecular weight is 574 g/mol. The lowest BCUT2D eigenvalue weighted by molar-refractivity contribution is -0.115. The summed E-state index contributed by atoms with van der Waals surface area (Å²) in [6.07, 6.45) is 1.83. The molecule has 0 aliphatic carbocycles. The van der Waals surface area contributed by atoms with E-state index >= 15 is 0 Å². The highest BCUT2D eigenvalue weighted by Crippen LogP contribution is 2.37. The van der Waals surface area contributed by atoms with Crippen LogP contribution in [0.4, 0.5) is 5.69 Å². The summed E-state index contributed by atoms with van der Waals surface area (Å²) in [7, 11) is 1.61. The summed E-state index contributed by atoms with van der Waals surface area (Å²) < 4.78 is 12.7. The number of carbonyl (C=O) groups excluding carboxylic acids is 1. The number of hydrogen-bond acceptors (Lipinski definition) is 5. The minimum Gasteiger partial charge on any atom is -0.497 e. The van der Waals surface area contributed by atoms with Gasteiger partial charge in [0, 0.05) is 0 Å². The van der Waals surface area contributed by atoms with Crippen LogP contribution in [0.2, 0.25) is 0 Å². The van der Waals surface area contributed by atoms with E-state index in [0.29, 0.717) is 22.4 Å².